The van der Waals surface area contributed by atoms with Crippen molar-refractivity contribution in [2.75, 3.05) is 6.54 Å². The molecule has 1 aromatic rings. The maximum absolute atomic E-state index is 11.9. The molecule has 0 heterocycles. The fourth-order valence-corrected chi connectivity index (χ4v) is 1.89. The first-order valence-electron chi connectivity index (χ1n) is 6.87. The van der Waals surface area contributed by atoms with Gasteiger partial charge < -0.3 is 15.5 Å². The molecule has 0 aliphatic carbocycles. The molecule has 1 rings (SSSR count). The van der Waals surface area contributed by atoms with E-state index in [0.29, 0.717) is 18.0 Å². The molecule has 1 amide bonds. The summed E-state index contributed by atoms with van der Waals surface area (Å²) in [5.41, 5.74) is 0.563. The Balaban J connectivity index is 2.63. The topological polar surface area (TPSA) is 81.6 Å². The van der Waals surface area contributed by atoms with Crippen LogP contribution in [0.15, 0.2) is 18.2 Å². The summed E-state index contributed by atoms with van der Waals surface area (Å²) in [6, 6.07) is 3.72. The normalized spacial score (nSPS) is 14.1. The molecule has 5 heteroatoms. The van der Waals surface area contributed by atoms with Crippen molar-refractivity contribution in [2.24, 2.45) is 5.92 Å². The predicted octanol–water partition coefficient (Wildman–Crippen LogP) is 1.91. The molecule has 2 unspecified atom stereocenters. The summed E-state index contributed by atoms with van der Waals surface area (Å²) in [5.74, 6) is 0.504. The lowest BCUT2D eigenvalue weighted by atomic mass is 10.1. The average Bonchev–Trinajstić information content (AvgIpc) is 2.38. The van der Waals surface area contributed by atoms with E-state index in [0.717, 1.165) is 0 Å². The molecule has 0 fully saturated rings. The van der Waals surface area contributed by atoms with E-state index in [-0.39, 0.29) is 29.5 Å². The average molecular weight is 280 g/mol. The largest absolute Gasteiger partial charge is 0.508 e. The summed E-state index contributed by atoms with van der Waals surface area (Å²) in [6.45, 7) is 8.31. The van der Waals surface area contributed by atoms with Gasteiger partial charge >= 0.3 is 0 Å². The monoisotopic (exact) mass is 280 g/mol. The number of phenols is 2. The van der Waals surface area contributed by atoms with Crippen LogP contribution in [0.25, 0.3) is 0 Å². The predicted molar refractivity (Wildman–Crippen MR) is 78.6 cm³/mol. The van der Waals surface area contributed by atoms with Gasteiger partial charge in [-0.3, -0.25) is 10.1 Å². The van der Waals surface area contributed by atoms with Crippen LogP contribution in [0.2, 0.25) is 0 Å². The van der Waals surface area contributed by atoms with E-state index in [1.807, 2.05) is 20.8 Å². The van der Waals surface area contributed by atoms with Crippen LogP contribution in [-0.4, -0.2) is 28.7 Å². The molecule has 0 saturated carbocycles. The molecule has 0 bridgehead atoms. The fraction of sp³-hybridized carbons (Fsp3) is 0.533. The first-order chi connectivity index (χ1) is 9.31. The zero-order chi connectivity index (χ0) is 15.3. The van der Waals surface area contributed by atoms with E-state index in [4.69, 9.17) is 0 Å². The van der Waals surface area contributed by atoms with Crippen molar-refractivity contribution < 1.29 is 15.0 Å². The van der Waals surface area contributed by atoms with Gasteiger partial charge in [0.1, 0.15) is 11.5 Å². The minimum absolute atomic E-state index is 0.0785. The van der Waals surface area contributed by atoms with Gasteiger partial charge in [-0.05, 0) is 38.0 Å². The first kappa shape index (κ1) is 16.3. The molecule has 0 aliphatic rings. The highest BCUT2D eigenvalue weighted by atomic mass is 16.3. The molecule has 0 spiro atoms. The number of aromatic hydroxyl groups is 2. The second kappa shape index (κ2) is 7.14. The summed E-state index contributed by atoms with van der Waals surface area (Å²) in [5, 5.41) is 25.2. The van der Waals surface area contributed by atoms with Gasteiger partial charge in [-0.25, -0.2) is 0 Å². The Bertz CT molecular complexity index is 460. The van der Waals surface area contributed by atoms with Gasteiger partial charge in [0.25, 0.3) is 0 Å². The number of carbonyl (C=O) groups excluding carboxylic acids is 1. The van der Waals surface area contributed by atoms with Crippen molar-refractivity contribution in [1.29, 1.82) is 0 Å². The summed E-state index contributed by atoms with van der Waals surface area (Å²) >= 11 is 0. The summed E-state index contributed by atoms with van der Waals surface area (Å²) in [7, 11) is 0. The highest BCUT2D eigenvalue weighted by molar-refractivity contribution is 5.81. The number of amides is 1. The van der Waals surface area contributed by atoms with Crippen LogP contribution in [0.5, 0.6) is 11.5 Å². The SMILES string of the molecule is CC(C)CNC(=O)C(C)NC(C)c1cc(O)ccc1O. The summed E-state index contributed by atoms with van der Waals surface area (Å²) in [4.78, 5) is 11.9. The third-order valence-corrected chi connectivity index (χ3v) is 3.06. The molecule has 0 aromatic heterocycles. The van der Waals surface area contributed by atoms with E-state index >= 15 is 0 Å². The maximum Gasteiger partial charge on any atom is 0.236 e. The number of hydrogen-bond donors (Lipinski definition) is 4. The molecule has 1 aromatic carbocycles. The van der Waals surface area contributed by atoms with E-state index < -0.39 is 0 Å². The molecule has 4 N–H and O–H groups in total. The number of phenolic OH excluding ortho intramolecular Hbond substituents is 2. The molecule has 20 heavy (non-hydrogen) atoms. The van der Waals surface area contributed by atoms with E-state index in [9.17, 15) is 15.0 Å². The number of benzene rings is 1. The molecule has 0 radical (unpaired) electrons. The highest BCUT2D eigenvalue weighted by Crippen LogP contribution is 2.27. The second-order valence-corrected chi connectivity index (χ2v) is 5.49. The number of carbonyl (C=O) groups is 1. The van der Waals surface area contributed by atoms with Crippen LogP contribution in [0, 0.1) is 5.92 Å². The molecular formula is C15H24N2O3. The van der Waals surface area contributed by atoms with Gasteiger partial charge in [0.15, 0.2) is 0 Å². The van der Waals surface area contributed by atoms with Crippen molar-refractivity contribution in [1.82, 2.24) is 10.6 Å². The first-order valence-corrected chi connectivity index (χ1v) is 6.87. The van der Waals surface area contributed by atoms with Crippen molar-refractivity contribution in [3.8, 4) is 11.5 Å². The standard InChI is InChI=1S/C15H24N2O3/c1-9(2)8-16-15(20)11(4)17-10(3)13-7-12(18)5-6-14(13)19/h5-7,9-11,17-19H,8H2,1-4H3,(H,16,20). The molecule has 0 aliphatic heterocycles. The Kier molecular flexibility index (Phi) is 5.82. The summed E-state index contributed by atoms with van der Waals surface area (Å²) < 4.78 is 0. The molecule has 0 saturated heterocycles. The molecular weight excluding hydrogens is 256 g/mol. The highest BCUT2D eigenvalue weighted by Gasteiger charge is 2.18. The minimum Gasteiger partial charge on any atom is -0.508 e. The van der Waals surface area contributed by atoms with Crippen LogP contribution < -0.4 is 10.6 Å². The van der Waals surface area contributed by atoms with Gasteiger partial charge in [0.2, 0.25) is 5.91 Å². The lowest BCUT2D eigenvalue weighted by Gasteiger charge is -2.21. The Morgan fingerprint density at radius 1 is 1.20 bits per heavy atom. The fourth-order valence-electron chi connectivity index (χ4n) is 1.89. The van der Waals surface area contributed by atoms with Crippen molar-refractivity contribution in [3.05, 3.63) is 23.8 Å². The minimum atomic E-state index is -0.384. The number of hydrogen-bond acceptors (Lipinski definition) is 4. The Morgan fingerprint density at radius 3 is 2.45 bits per heavy atom. The van der Waals surface area contributed by atoms with Gasteiger partial charge in [0, 0.05) is 18.2 Å². The molecule has 5 nitrogen and oxygen atoms in total. The Hall–Kier alpha value is -1.75. The van der Waals surface area contributed by atoms with Crippen molar-refractivity contribution in [2.45, 2.75) is 39.8 Å². The quantitative estimate of drug-likeness (QED) is 0.600. The zero-order valence-electron chi connectivity index (χ0n) is 12.5. The van der Waals surface area contributed by atoms with E-state index in [1.165, 1.54) is 18.2 Å². The van der Waals surface area contributed by atoms with E-state index in [1.54, 1.807) is 6.92 Å². The van der Waals surface area contributed by atoms with Crippen LogP contribution in [0.1, 0.15) is 39.3 Å². The Labute approximate surface area is 120 Å². The smallest absolute Gasteiger partial charge is 0.236 e. The van der Waals surface area contributed by atoms with Crippen LogP contribution in [0.3, 0.4) is 0 Å². The van der Waals surface area contributed by atoms with Crippen molar-refractivity contribution >= 4 is 5.91 Å². The number of rotatable bonds is 6. The van der Waals surface area contributed by atoms with Gasteiger partial charge in [-0.1, -0.05) is 13.8 Å². The van der Waals surface area contributed by atoms with Crippen LogP contribution >= 0.6 is 0 Å². The van der Waals surface area contributed by atoms with Gasteiger partial charge in [0.05, 0.1) is 6.04 Å². The lowest BCUT2D eigenvalue weighted by Crippen LogP contribution is -2.44. The van der Waals surface area contributed by atoms with Crippen LogP contribution in [0.4, 0.5) is 0 Å². The third-order valence-electron chi connectivity index (χ3n) is 3.06. The maximum atomic E-state index is 11.9. The molecule has 2 atom stereocenters. The number of nitrogens with one attached hydrogen (secondary N) is 2. The second-order valence-electron chi connectivity index (χ2n) is 5.49. The van der Waals surface area contributed by atoms with E-state index in [2.05, 4.69) is 10.6 Å². The van der Waals surface area contributed by atoms with Crippen LogP contribution in [-0.2, 0) is 4.79 Å². The van der Waals surface area contributed by atoms with Gasteiger partial charge in [-0.15, -0.1) is 0 Å². The third kappa shape index (κ3) is 4.74. The van der Waals surface area contributed by atoms with Gasteiger partial charge in [-0.2, -0.15) is 0 Å². The zero-order valence-corrected chi connectivity index (χ0v) is 12.5. The lowest BCUT2D eigenvalue weighted by molar-refractivity contribution is -0.123. The molecule has 112 valence electrons. The summed E-state index contributed by atoms with van der Waals surface area (Å²) in [6.07, 6.45) is 0. The van der Waals surface area contributed by atoms with Crippen molar-refractivity contribution in [3.63, 3.8) is 0 Å². The Morgan fingerprint density at radius 2 is 1.85 bits per heavy atom.